The first kappa shape index (κ1) is 11.9. The second kappa shape index (κ2) is 5.14. The van der Waals surface area contributed by atoms with E-state index < -0.39 is 0 Å². The number of aromatic nitrogens is 3. The number of Topliss-reactive ketones (excluding diaryl/α,β-unsaturated/α-hetero) is 1. The minimum atomic E-state index is 0.107. The van der Waals surface area contributed by atoms with E-state index in [9.17, 15) is 4.79 Å². The lowest BCUT2D eigenvalue weighted by atomic mass is 10.2. The molecule has 0 amide bonds. The SMILES string of the molecule is CC(=O)/C(C)=C/SCc1cnn2cccnc12. The number of rotatable bonds is 4. The van der Waals surface area contributed by atoms with E-state index in [4.69, 9.17) is 0 Å². The van der Waals surface area contributed by atoms with Crippen LogP contribution in [0.25, 0.3) is 5.65 Å². The third-order valence-corrected chi connectivity index (χ3v) is 3.40. The van der Waals surface area contributed by atoms with Crippen molar-refractivity contribution in [2.75, 3.05) is 0 Å². The molecule has 2 rings (SSSR count). The molecule has 2 aromatic heterocycles. The Bertz CT molecular complexity index is 574. The topological polar surface area (TPSA) is 47.3 Å². The molecule has 17 heavy (non-hydrogen) atoms. The van der Waals surface area contributed by atoms with Gasteiger partial charge in [-0.05, 0) is 30.9 Å². The summed E-state index contributed by atoms with van der Waals surface area (Å²) in [5.74, 6) is 0.876. The third-order valence-electron chi connectivity index (χ3n) is 2.41. The molecular weight excluding hydrogens is 234 g/mol. The van der Waals surface area contributed by atoms with E-state index in [-0.39, 0.29) is 5.78 Å². The molecule has 0 aliphatic carbocycles. The first-order valence-corrected chi connectivity index (χ1v) is 6.30. The lowest BCUT2D eigenvalue weighted by Crippen LogP contribution is -1.90. The molecule has 0 radical (unpaired) electrons. The average Bonchev–Trinajstić information content (AvgIpc) is 2.72. The lowest BCUT2D eigenvalue weighted by molar-refractivity contribution is -0.113. The molecule has 0 fully saturated rings. The Labute approximate surface area is 104 Å². The van der Waals surface area contributed by atoms with Gasteiger partial charge in [-0.2, -0.15) is 5.10 Å². The molecule has 2 heterocycles. The third kappa shape index (κ3) is 2.74. The van der Waals surface area contributed by atoms with Crippen molar-refractivity contribution < 1.29 is 4.79 Å². The highest BCUT2D eigenvalue weighted by molar-refractivity contribution is 8.01. The molecule has 0 aliphatic heterocycles. The monoisotopic (exact) mass is 247 g/mol. The standard InChI is InChI=1S/C12H13N3OS/c1-9(10(2)16)7-17-8-11-6-14-15-5-3-4-13-12(11)15/h3-7H,8H2,1-2H3/b9-7+. The number of allylic oxidation sites excluding steroid dienone is 1. The number of fused-ring (bicyclic) bond motifs is 1. The molecule has 0 unspecified atom stereocenters. The van der Waals surface area contributed by atoms with Crippen LogP contribution in [-0.2, 0) is 10.5 Å². The van der Waals surface area contributed by atoms with Gasteiger partial charge in [0.25, 0.3) is 0 Å². The van der Waals surface area contributed by atoms with E-state index in [1.165, 1.54) is 0 Å². The minimum Gasteiger partial charge on any atom is -0.295 e. The van der Waals surface area contributed by atoms with Crippen LogP contribution >= 0.6 is 11.8 Å². The van der Waals surface area contributed by atoms with Crippen LogP contribution in [0.3, 0.4) is 0 Å². The zero-order chi connectivity index (χ0) is 12.3. The molecule has 5 heteroatoms. The van der Waals surface area contributed by atoms with Crippen LogP contribution < -0.4 is 0 Å². The number of ketones is 1. The van der Waals surface area contributed by atoms with Gasteiger partial charge in [-0.15, -0.1) is 11.8 Å². The largest absolute Gasteiger partial charge is 0.295 e. The molecule has 88 valence electrons. The van der Waals surface area contributed by atoms with E-state index in [0.29, 0.717) is 0 Å². The van der Waals surface area contributed by atoms with Crippen molar-refractivity contribution in [3.05, 3.63) is 41.2 Å². The van der Waals surface area contributed by atoms with Crippen LogP contribution in [-0.4, -0.2) is 20.4 Å². The highest BCUT2D eigenvalue weighted by Crippen LogP contribution is 2.18. The molecule has 0 bridgehead atoms. The number of hydrogen-bond donors (Lipinski definition) is 0. The maximum Gasteiger partial charge on any atom is 0.158 e. The second-order valence-electron chi connectivity index (χ2n) is 3.73. The predicted octanol–water partition coefficient (Wildman–Crippen LogP) is 2.46. The number of carbonyl (C=O) groups is 1. The highest BCUT2D eigenvalue weighted by atomic mass is 32.2. The zero-order valence-electron chi connectivity index (χ0n) is 9.75. The minimum absolute atomic E-state index is 0.107. The summed E-state index contributed by atoms with van der Waals surface area (Å²) >= 11 is 1.59. The van der Waals surface area contributed by atoms with Crippen molar-refractivity contribution in [1.82, 2.24) is 14.6 Å². The molecular formula is C12H13N3OS. The van der Waals surface area contributed by atoms with Crippen LogP contribution in [0.2, 0.25) is 0 Å². The van der Waals surface area contributed by atoms with Crippen molar-refractivity contribution >= 4 is 23.2 Å². The van der Waals surface area contributed by atoms with Gasteiger partial charge in [-0.1, -0.05) is 0 Å². The van der Waals surface area contributed by atoms with Crippen molar-refractivity contribution in [1.29, 1.82) is 0 Å². The van der Waals surface area contributed by atoms with Gasteiger partial charge < -0.3 is 0 Å². The Balaban J connectivity index is 2.10. The van der Waals surface area contributed by atoms with Crippen LogP contribution in [0.4, 0.5) is 0 Å². The molecule has 2 aromatic rings. The molecule has 0 N–H and O–H groups in total. The summed E-state index contributed by atoms with van der Waals surface area (Å²) in [5, 5.41) is 6.09. The van der Waals surface area contributed by atoms with Gasteiger partial charge in [0.2, 0.25) is 0 Å². The van der Waals surface area contributed by atoms with E-state index in [2.05, 4.69) is 10.1 Å². The van der Waals surface area contributed by atoms with Gasteiger partial charge in [0, 0.05) is 23.7 Å². The van der Waals surface area contributed by atoms with Crippen molar-refractivity contribution in [2.24, 2.45) is 0 Å². The lowest BCUT2D eigenvalue weighted by Gasteiger charge is -1.96. The maximum absolute atomic E-state index is 11.0. The van der Waals surface area contributed by atoms with E-state index >= 15 is 0 Å². The summed E-state index contributed by atoms with van der Waals surface area (Å²) in [6.07, 6.45) is 5.43. The predicted molar refractivity (Wildman–Crippen MR) is 68.7 cm³/mol. The summed E-state index contributed by atoms with van der Waals surface area (Å²) in [6.45, 7) is 3.40. The molecule has 4 nitrogen and oxygen atoms in total. The molecule has 0 spiro atoms. The van der Waals surface area contributed by atoms with Gasteiger partial charge in [-0.25, -0.2) is 9.50 Å². The summed E-state index contributed by atoms with van der Waals surface area (Å²) in [6, 6.07) is 1.84. The van der Waals surface area contributed by atoms with Crippen LogP contribution in [0.1, 0.15) is 19.4 Å². The number of nitrogens with zero attached hydrogens (tertiary/aromatic N) is 3. The molecule has 0 aliphatic rings. The Morgan fingerprint density at radius 3 is 3.12 bits per heavy atom. The van der Waals surface area contributed by atoms with Crippen molar-refractivity contribution in [3.63, 3.8) is 0 Å². The summed E-state index contributed by atoms with van der Waals surface area (Å²) < 4.78 is 1.75. The van der Waals surface area contributed by atoms with Gasteiger partial charge in [0.15, 0.2) is 11.4 Å². The number of carbonyl (C=O) groups excluding carboxylic acids is 1. The fourth-order valence-electron chi connectivity index (χ4n) is 1.32. The summed E-state index contributed by atoms with van der Waals surface area (Å²) in [4.78, 5) is 15.3. The van der Waals surface area contributed by atoms with E-state index in [1.54, 1.807) is 29.4 Å². The molecule has 0 aromatic carbocycles. The van der Waals surface area contributed by atoms with E-state index in [1.807, 2.05) is 30.8 Å². The molecule has 0 atom stereocenters. The van der Waals surface area contributed by atoms with Gasteiger partial charge in [0.05, 0.1) is 6.20 Å². The summed E-state index contributed by atoms with van der Waals surface area (Å²) in [5.41, 5.74) is 2.72. The van der Waals surface area contributed by atoms with Crippen LogP contribution in [0.15, 0.2) is 35.6 Å². The van der Waals surface area contributed by atoms with E-state index in [0.717, 1.165) is 22.5 Å². The van der Waals surface area contributed by atoms with Crippen molar-refractivity contribution in [2.45, 2.75) is 19.6 Å². The molecule has 0 saturated carbocycles. The fraction of sp³-hybridized carbons (Fsp3) is 0.250. The molecule has 0 saturated heterocycles. The fourth-order valence-corrected chi connectivity index (χ4v) is 2.20. The van der Waals surface area contributed by atoms with Gasteiger partial charge in [0.1, 0.15) is 0 Å². The normalized spacial score (nSPS) is 12.0. The van der Waals surface area contributed by atoms with Gasteiger partial charge in [-0.3, -0.25) is 4.79 Å². The Kier molecular flexibility index (Phi) is 3.58. The average molecular weight is 247 g/mol. The summed E-state index contributed by atoms with van der Waals surface area (Å²) in [7, 11) is 0. The first-order chi connectivity index (χ1) is 8.18. The number of hydrogen-bond acceptors (Lipinski definition) is 4. The van der Waals surface area contributed by atoms with Crippen LogP contribution in [0, 0.1) is 0 Å². The Morgan fingerprint density at radius 2 is 2.35 bits per heavy atom. The van der Waals surface area contributed by atoms with Gasteiger partial charge >= 0.3 is 0 Å². The Hall–Kier alpha value is -1.62. The first-order valence-electron chi connectivity index (χ1n) is 5.25. The van der Waals surface area contributed by atoms with Crippen LogP contribution in [0.5, 0.6) is 0 Å². The quantitative estimate of drug-likeness (QED) is 0.779. The maximum atomic E-state index is 11.0. The number of thioether (sulfide) groups is 1. The smallest absolute Gasteiger partial charge is 0.158 e. The van der Waals surface area contributed by atoms with Crippen molar-refractivity contribution in [3.8, 4) is 0 Å². The second-order valence-corrected chi connectivity index (χ2v) is 4.58. The highest BCUT2D eigenvalue weighted by Gasteiger charge is 2.04. The Morgan fingerprint density at radius 1 is 1.53 bits per heavy atom. The zero-order valence-corrected chi connectivity index (χ0v) is 10.6.